The zero-order valence-corrected chi connectivity index (χ0v) is 10.6. The zero-order valence-electron chi connectivity index (χ0n) is 10.6. The molecule has 0 N–H and O–H groups in total. The first-order valence-electron chi connectivity index (χ1n) is 5.85. The van der Waals surface area contributed by atoms with Crippen LogP contribution in [0.25, 0.3) is 0 Å². The minimum absolute atomic E-state index is 0.207. The van der Waals surface area contributed by atoms with Crippen LogP contribution in [0.1, 0.15) is 31.9 Å². The Hall–Kier alpha value is -0.955. The van der Waals surface area contributed by atoms with Crippen LogP contribution in [0.4, 0.5) is 5.69 Å². The summed E-state index contributed by atoms with van der Waals surface area (Å²) in [5.41, 5.74) is 4.00. The van der Waals surface area contributed by atoms with Crippen molar-refractivity contribution in [2.75, 3.05) is 11.6 Å². The molecule has 3 heteroatoms. The molecule has 0 saturated carbocycles. The van der Waals surface area contributed by atoms with E-state index in [1.54, 1.807) is 0 Å². The first kappa shape index (κ1) is 11.5. The second kappa shape index (κ2) is 4.13. The predicted octanol–water partition coefficient (Wildman–Crippen LogP) is 3.08. The predicted molar refractivity (Wildman–Crippen MR) is 68.9 cm³/mol. The number of hydrogen-bond donors (Lipinski definition) is 0. The van der Waals surface area contributed by atoms with Crippen molar-refractivity contribution < 1.29 is 4.84 Å². The fourth-order valence-corrected chi connectivity index (χ4v) is 1.91. The second-order valence-electron chi connectivity index (χ2n) is 5.38. The molecule has 0 spiro atoms. The summed E-state index contributed by atoms with van der Waals surface area (Å²) in [6.07, 6.45) is 1.00. The lowest BCUT2D eigenvalue weighted by atomic mass is 9.85. The maximum absolute atomic E-state index is 5.52. The van der Waals surface area contributed by atoms with Gasteiger partial charge in [0.15, 0.2) is 0 Å². The zero-order chi connectivity index (χ0) is 11.8. The summed E-state index contributed by atoms with van der Waals surface area (Å²) in [6.45, 7) is 9.64. The van der Waals surface area contributed by atoms with Crippen molar-refractivity contribution >= 4 is 13.1 Å². The van der Waals surface area contributed by atoms with Crippen molar-refractivity contribution in [3.8, 4) is 0 Å². The molecule has 1 heterocycles. The van der Waals surface area contributed by atoms with Gasteiger partial charge in [0.1, 0.15) is 0 Å². The van der Waals surface area contributed by atoms with Crippen LogP contribution in [0.2, 0.25) is 6.32 Å². The van der Waals surface area contributed by atoms with E-state index < -0.39 is 0 Å². The maximum atomic E-state index is 5.52. The molecule has 0 aliphatic carbocycles. The van der Waals surface area contributed by atoms with Crippen LogP contribution in [0.15, 0.2) is 18.2 Å². The van der Waals surface area contributed by atoms with E-state index in [0.717, 1.165) is 18.6 Å². The van der Waals surface area contributed by atoms with Crippen LogP contribution >= 0.6 is 0 Å². The number of rotatable bonds is 1. The van der Waals surface area contributed by atoms with Gasteiger partial charge in [-0.15, -0.1) is 0 Å². The average Bonchev–Trinajstić information content (AvgIpc) is 2.69. The van der Waals surface area contributed by atoms with Gasteiger partial charge in [0, 0.05) is 0 Å². The Bertz CT molecular complexity index is 378. The lowest BCUT2D eigenvalue weighted by Gasteiger charge is -2.24. The van der Waals surface area contributed by atoms with E-state index in [4.69, 9.17) is 4.84 Å². The van der Waals surface area contributed by atoms with Crippen LogP contribution in [0.3, 0.4) is 0 Å². The Kier molecular flexibility index (Phi) is 2.98. The number of hydrogen-bond acceptors (Lipinski definition) is 2. The monoisotopic (exact) mass is 216 g/mol. The van der Waals surface area contributed by atoms with Crippen molar-refractivity contribution in [3.05, 3.63) is 29.3 Å². The molecule has 1 aliphatic rings. The summed E-state index contributed by atoms with van der Waals surface area (Å²) >= 11 is 0. The molecular formula is C13H19BNO. The summed E-state index contributed by atoms with van der Waals surface area (Å²) in [6, 6.07) is 6.60. The fraction of sp³-hybridized carbons (Fsp3) is 0.538. The molecule has 1 fully saturated rings. The number of nitrogens with zero attached hydrogens (tertiary/aromatic N) is 1. The smallest absolute Gasteiger partial charge is 0.288 e. The summed E-state index contributed by atoms with van der Waals surface area (Å²) < 4.78 is 0. The molecule has 0 bridgehead atoms. The Balaban J connectivity index is 2.29. The Morgan fingerprint density at radius 2 is 2.06 bits per heavy atom. The molecular weight excluding hydrogens is 197 g/mol. The van der Waals surface area contributed by atoms with Crippen molar-refractivity contribution in [1.82, 2.24) is 0 Å². The van der Waals surface area contributed by atoms with Crippen LogP contribution in [-0.2, 0) is 10.3 Å². The highest BCUT2D eigenvalue weighted by Crippen LogP contribution is 2.29. The molecule has 1 radical (unpaired) electrons. The van der Waals surface area contributed by atoms with Gasteiger partial charge in [0.2, 0.25) is 0 Å². The Labute approximate surface area is 98.8 Å². The summed E-state index contributed by atoms with van der Waals surface area (Å²) in [4.78, 5) is 7.41. The van der Waals surface area contributed by atoms with Gasteiger partial charge < -0.3 is 4.97 Å². The third-order valence-corrected chi connectivity index (χ3v) is 2.94. The van der Waals surface area contributed by atoms with Gasteiger partial charge in [0.05, 0.1) is 12.3 Å². The van der Waals surface area contributed by atoms with Gasteiger partial charge in [-0.05, 0) is 35.9 Å². The summed E-state index contributed by atoms with van der Waals surface area (Å²) in [7, 11) is 2.10. The van der Waals surface area contributed by atoms with Crippen LogP contribution in [0.5, 0.6) is 0 Å². The first-order chi connectivity index (χ1) is 7.48. The van der Waals surface area contributed by atoms with Gasteiger partial charge in [-0.25, -0.2) is 0 Å². The third-order valence-electron chi connectivity index (χ3n) is 2.94. The molecule has 85 valence electrons. The Morgan fingerprint density at radius 3 is 2.56 bits per heavy atom. The average molecular weight is 216 g/mol. The molecule has 0 unspecified atom stereocenters. The highest BCUT2D eigenvalue weighted by Gasteiger charge is 2.19. The van der Waals surface area contributed by atoms with Gasteiger partial charge in [-0.3, -0.25) is 4.84 Å². The second-order valence-corrected chi connectivity index (χ2v) is 5.38. The van der Waals surface area contributed by atoms with E-state index in [0.29, 0.717) is 0 Å². The van der Waals surface area contributed by atoms with Gasteiger partial charge >= 0.3 is 0 Å². The van der Waals surface area contributed by atoms with Crippen LogP contribution in [-0.4, -0.2) is 14.0 Å². The lowest BCUT2D eigenvalue weighted by Crippen LogP contribution is -2.20. The van der Waals surface area contributed by atoms with E-state index in [2.05, 4.69) is 53.3 Å². The standard InChI is InChI=1S/C13H19BNO/c1-10-9-11(13(2,3)4)5-6-12(10)15-14-7-8-16-15/h5-6,9H,7-8H2,1-4H3. The third kappa shape index (κ3) is 2.24. The molecule has 1 aliphatic heterocycles. The molecule has 2 nitrogen and oxygen atoms in total. The lowest BCUT2D eigenvalue weighted by molar-refractivity contribution is 0.185. The molecule has 2 rings (SSSR count). The van der Waals surface area contributed by atoms with Crippen LogP contribution < -0.4 is 4.97 Å². The van der Waals surface area contributed by atoms with E-state index in [1.807, 2.05) is 4.97 Å². The molecule has 0 atom stereocenters. The fourth-order valence-electron chi connectivity index (χ4n) is 1.91. The number of anilines is 1. The minimum Gasteiger partial charge on any atom is -0.306 e. The van der Waals surface area contributed by atoms with Crippen molar-refractivity contribution in [3.63, 3.8) is 0 Å². The highest BCUT2D eigenvalue weighted by molar-refractivity contribution is 6.41. The Morgan fingerprint density at radius 1 is 1.31 bits per heavy atom. The maximum Gasteiger partial charge on any atom is 0.288 e. The molecule has 0 amide bonds. The van der Waals surface area contributed by atoms with E-state index in [1.165, 1.54) is 11.1 Å². The van der Waals surface area contributed by atoms with Gasteiger partial charge in [0.25, 0.3) is 7.41 Å². The van der Waals surface area contributed by atoms with Crippen molar-refractivity contribution in [2.24, 2.45) is 0 Å². The molecule has 1 saturated heterocycles. The normalized spacial score (nSPS) is 16.4. The summed E-state index contributed by atoms with van der Waals surface area (Å²) in [5.74, 6) is 0. The molecule has 1 aromatic rings. The van der Waals surface area contributed by atoms with E-state index >= 15 is 0 Å². The van der Waals surface area contributed by atoms with Crippen LogP contribution in [0, 0.1) is 6.92 Å². The minimum atomic E-state index is 0.207. The van der Waals surface area contributed by atoms with Crippen molar-refractivity contribution in [1.29, 1.82) is 0 Å². The quantitative estimate of drug-likeness (QED) is 0.669. The van der Waals surface area contributed by atoms with E-state index in [9.17, 15) is 0 Å². The topological polar surface area (TPSA) is 12.5 Å². The SMILES string of the molecule is Cc1cc(C(C)(C)C)ccc1N1[B]CCO1. The van der Waals surface area contributed by atoms with Crippen molar-refractivity contribution in [2.45, 2.75) is 39.4 Å². The number of benzene rings is 1. The molecule has 1 aromatic carbocycles. The molecule has 0 aromatic heterocycles. The number of aryl methyl sites for hydroxylation is 1. The largest absolute Gasteiger partial charge is 0.306 e. The summed E-state index contributed by atoms with van der Waals surface area (Å²) in [5, 5.41) is 0. The van der Waals surface area contributed by atoms with Gasteiger partial charge in [-0.2, -0.15) is 0 Å². The highest BCUT2D eigenvalue weighted by atomic mass is 16.7. The van der Waals surface area contributed by atoms with E-state index in [-0.39, 0.29) is 5.41 Å². The van der Waals surface area contributed by atoms with Gasteiger partial charge in [-0.1, -0.05) is 32.9 Å². The molecule has 16 heavy (non-hydrogen) atoms. The first-order valence-corrected chi connectivity index (χ1v) is 5.85.